The van der Waals surface area contributed by atoms with Crippen LogP contribution in [-0.4, -0.2) is 41.4 Å². The molecule has 0 bridgehead atoms. The van der Waals surface area contributed by atoms with Crippen molar-refractivity contribution in [3.63, 3.8) is 0 Å². The Morgan fingerprint density at radius 3 is 2.39 bits per heavy atom. The number of hydrogen-bond donors (Lipinski definition) is 2. The zero-order chi connectivity index (χ0) is 13.6. The maximum atomic E-state index is 5.41. The maximum Gasteiger partial charge on any atom is 0.324 e. The summed E-state index contributed by atoms with van der Waals surface area (Å²) in [6, 6.07) is 0.292. The molecule has 8 heteroatoms. The van der Waals surface area contributed by atoms with Crippen LogP contribution in [0.4, 0.5) is 5.95 Å². The number of nitrogens with one attached hydrogen (secondary N) is 1. The molecule has 0 saturated heterocycles. The van der Waals surface area contributed by atoms with E-state index in [1.807, 2.05) is 13.8 Å². The number of rotatable bonds is 7. The van der Waals surface area contributed by atoms with Gasteiger partial charge in [0.05, 0.1) is 19.3 Å². The lowest BCUT2D eigenvalue weighted by Gasteiger charge is -2.22. The fraction of sp³-hybridized carbons (Fsp3) is 0.700. The summed E-state index contributed by atoms with van der Waals surface area (Å²) in [6.45, 7) is 4.35. The minimum atomic E-state index is -0.258. The van der Waals surface area contributed by atoms with Crippen molar-refractivity contribution in [1.82, 2.24) is 15.0 Å². The molecule has 0 aliphatic heterocycles. The van der Waals surface area contributed by atoms with Crippen LogP contribution in [0.3, 0.4) is 0 Å². The molecule has 0 aromatic carbocycles. The van der Waals surface area contributed by atoms with Crippen molar-refractivity contribution in [3.05, 3.63) is 0 Å². The third-order valence-corrected chi connectivity index (χ3v) is 2.39. The number of ether oxygens (including phenoxy) is 3. The van der Waals surface area contributed by atoms with Crippen LogP contribution >= 0.6 is 0 Å². The van der Waals surface area contributed by atoms with Crippen molar-refractivity contribution >= 4 is 5.95 Å². The van der Waals surface area contributed by atoms with Crippen LogP contribution in [0.25, 0.3) is 0 Å². The SMILES string of the molecule is COc1nc(NN)nc(OCCC(C)(C)OC)n1. The van der Waals surface area contributed by atoms with Crippen molar-refractivity contribution in [1.29, 1.82) is 0 Å². The van der Waals surface area contributed by atoms with Crippen molar-refractivity contribution in [2.45, 2.75) is 25.9 Å². The predicted molar refractivity (Wildman–Crippen MR) is 65.4 cm³/mol. The zero-order valence-electron chi connectivity index (χ0n) is 11.1. The van der Waals surface area contributed by atoms with Gasteiger partial charge in [0.25, 0.3) is 0 Å². The van der Waals surface area contributed by atoms with Crippen LogP contribution in [0.1, 0.15) is 20.3 Å². The first kappa shape index (κ1) is 14.4. The molecule has 1 heterocycles. The van der Waals surface area contributed by atoms with Gasteiger partial charge in [-0.2, -0.15) is 9.97 Å². The number of nitrogen functional groups attached to an aromatic ring is 1. The Balaban J connectivity index is 2.61. The topological polar surface area (TPSA) is 104 Å². The highest BCUT2D eigenvalue weighted by Gasteiger charge is 2.16. The quantitative estimate of drug-likeness (QED) is 0.533. The van der Waals surface area contributed by atoms with Crippen LogP contribution in [0.2, 0.25) is 0 Å². The first-order chi connectivity index (χ1) is 8.50. The molecule has 1 aromatic heterocycles. The molecule has 0 atom stereocenters. The first-order valence-electron chi connectivity index (χ1n) is 5.45. The van der Waals surface area contributed by atoms with E-state index in [1.165, 1.54) is 7.11 Å². The second-order valence-electron chi connectivity index (χ2n) is 4.13. The minimum Gasteiger partial charge on any atom is -0.467 e. The number of hydrogen-bond acceptors (Lipinski definition) is 8. The van der Waals surface area contributed by atoms with Gasteiger partial charge in [-0.1, -0.05) is 0 Å². The van der Waals surface area contributed by atoms with Crippen LogP contribution in [0.15, 0.2) is 0 Å². The lowest BCUT2D eigenvalue weighted by atomic mass is 10.1. The Kier molecular flexibility index (Phi) is 5.05. The highest BCUT2D eigenvalue weighted by molar-refractivity contribution is 5.25. The lowest BCUT2D eigenvalue weighted by molar-refractivity contribution is 0.00462. The summed E-state index contributed by atoms with van der Waals surface area (Å²) in [5.41, 5.74) is 2.06. The summed E-state index contributed by atoms with van der Waals surface area (Å²) < 4.78 is 15.6. The maximum absolute atomic E-state index is 5.41. The van der Waals surface area contributed by atoms with Gasteiger partial charge in [0.2, 0.25) is 5.95 Å². The van der Waals surface area contributed by atoms with E-state index < -0.39 is 0 Å². The molecule has 0 amide bonds. The molecular weight excluding hydrogens is 238 g/mol. The Labute approximate surface area is 106 Å². The van der Waals surface area contributed by atoms with Crippen LogP contribution in [0, 0.1) is 0 Å². The lowest BCUT2D eigenvalue weighted by Crippen LogP contribution is -2.25. The number of hydrazine groups is 1. The molecule has 0 spiro atoms. The third-order valence-electron chi connectivity index (χ3n) is 2.39. The molecule has 8 nitrogen and oxygen atoms in total. The Morgan fingerprint density at radius 1 is 1.17 bits per heavy atom. The molecule has 0 unspecified atom stereocenters. The molecule has 1 aromatic rings. The molecule has 0 aliphatic carbocycles. The van der Waals surface area contributed by atoms with Gasteiger partial charge in [-0.3, -0.25) is 5.43 Å². The molecule has 3 N–H and O–H groups in total. The fourth-order valence-corrected chi connectivity index (χ4v) is 1.05. The molecule has 0 fully saturated rings. The third kappa shape index (κ3) is 4.30. The van der Waals surface area contributed by atoms with Gasteiger partial charge in [0.15, 0.2) is 0 Å². The van der Waals surface area contributed by atoms with E-state index in [0.29, 0.717) is 13.0 Å². The van der Waals surface area contributed by atoms with Crippen LogP contribution in [0.5, 0.6) is 12.0 Å². The smallest absolute Gasteiger partial charge is 0.324 e. The van der Waals surface area contributed by atoms with Gasteiger partial charge in [-0.05, 0) is 13.8 Å². The van der Waals surface area contributed by atoms with E-state index in [0.717, 1.165) is 0 Å². The zero-order valence-corrected chi connectivity index (χ0v) is 11.1. The molecule has 1 rings (SSSR count). The average molecular weight is 257 g/mol. The molecule has 102 valence electrons. The van der Waals surface area contributed by atoms with Crippen molar-refractivity contribution in [2.24, 2.45) is 5.84 Å². The van der Waals surface area contributed by atoms with E-state index in [4.69, 9.17) is 20.1 Å². The standard InChI is InChI=1S/C10H19N5O3/c1-10(2,17-4)5-6-18-9-13-7(15-11)12-8(14-9)16-3/h5-6,11H2,1-4H3,(H,12,13,14,15). The molecule has 0 saturated carbocycles. The van der Waals surface area contributed by atoms with Gasteiger partial charge in [-0.15, -0.1) is 4.98 Å². The number of nitrogens with two attached hydrogens (primary N) is 1. The second kappa shape index (κ2) is 6.31. The first-order valence-corrected chi connectivity index (χ1v) is 5.45. The predicted octanol–water partition coefficient (Wildman–Crippen LogP) is 0.360. The van der Waals surface area contributed by atoms with Gasteiger partial charge < -0.3 is 14.2 Å². The van der Waals surface area contributed by atoms with Gasteiger partial charge in [-0.25, -0.2) is 5.84 Å². The summed E-state index contributed by atoms with van der Waals surface area (Å²) >= 11 is 0. The Hall–Kier alpha value is -1.67. The van der Waals surface area contributed by atoms with Gasteiger partial charge in [0.1, 0.15) is 0 Å². The Bertz CT molecular complexity index is 364. The van der Waals surface area contributed by atoms with E-state index in [2.05, 4.69) is 20.4 Å². The monoisotopic (exact) mass is 257 g/mol. The van der Waals surface area contributed by atoms with E-state index in [-0.39, 0.29) is 23.6 Å². The summed E-state index contributed by atoms with van der Waals surface area (Å²) in [5.74, 6) is 5.41. The highest BCUT2D eigenvalue weighted by atomic mass is 16.5. The summed E-state index contributed by atoms with van der Waals surface area (Å²) in [6.07, 6.45) is 0.697. The molecule has 0 radical (unpaired) electrons. The van der Waals surface area contributed by atoms with Crippen LogP contribution < -0.4 is 20.7 Å². The van der Waals surface area contributed by atoms with Crippen molar-refractivity contribution in [2.75, 3.05) is 26.3 Å². The van der Waals surface area contributed by atoms with Crippen molar-refractivity contribution < 1.29 is 14.2 Å². The largest absolute Gasteiger partial charge is 0.467 e. The second-order valence-corrected chi connectivity index (χ2v) is 4.13. The summed E-state index contributed by atoms with van der Waals surface area (Å²) in [7, 11) is 3.11. The van der Waals surface area contributed by atoms with E-state index >= 15 is 0 Å². The minimum absolute atomic E-state index is 0.138. The van der Waals surface area contributed by atoms with E-state index in [1.54, 1.807) is 7.11 Å². The fourth-order valence-electron chi connectivity index (χ4n) is 1.05. The van der Waals surface area contributed by atoms with Gasteiger partial charge in [0, 0.05) is 13.5 Å². The molecule has 18 heavy (non-hydrogen) atoms. The van der Waals surface area contributed by atoms with Crippen LogP contribution in [-0.2, 0) is 4.74 Å². The summed E-state index contributed by atoms with van der Waals surface area (Å²) in [5, 5.41) is 0. The normalized spacial score (nSPS) is 11.2. The Morgan fingerprint density at radius 2 is 1.83 bits per heavy atom. The number of nitrogens with zero attached hydrogens (tertiary/aromatic N) is 3. The average Bonchev–Trinajstić information content (AvgIpc) is 2.38. The highest BCUT2D eigenvalue weighted by Crippen LogP contribution is 2.15. The number of anilines is 1. The molecular formula is C10H19N5O3. The molecule has 0 aliphatic rings. The number of methoxy groups -OCH3 is 2. The number of aromatic nitrogens is 3. The van der Waals surface area contributed by atoms with Gasteiger partial charge >= 0.3 is 12.0 Å². The summed E-state index contributed by atoms with van der Waals surface area (Å²) in [4.78, 5) is 11.7. The van der Waals surface area contributed by atoms with Crippen molar-refractivity contribution in [3.8, 4) is 12.0 Å². The van der Waals surface area contributed by atoms with E-state index in [9.17, 15) is 0 Å².